The van der Waals surface area contributed by atoms with Crippen molar-refractivity contribution in [1.82, 2.24) is 0 Å². The molecule has 0 aliphatic carbocycles. The molecule has 3 aromatic carbocycles. The van der Waals surface area contributed by atoms with Crippen molar-refractivity contribution in [2.24, 2.45) is 0 Å². The largest absolute Gasteiger partial charge is 0.493 e. The molecule has 0 N–H and O–H groups in total. The highest BCUT2D eigenvalue weighted by atomic mass is 16.6. The fraction of sp³-hybridized carbons (Fsp3) is 0.300. The number of hydrogen-bond acceptors (Lipinski definition) is 6. The van der Waals surface area contributed by atoms with Gasteiger partial charge in [-0.2, -0.15) is 0 Å². The molecule has 190 valence electrons. The number of para-hydroxylation sites is 1. The molecule has 0 fully saturated rings. The standard InChI is InChI=1S/C30H34O6/c1-4-10-24-22-27(36-26-11-7-6-8-12-26)17-18-28(24)35-20-9-19-34-25-15-13-23(14-16-25)21-29(32-3)30(31)33-5-2/h4,6-8,11-18,22,29H,1,5,9-10,19-21H2,2-3H3/t29-/m0/s1. The van der Waals surface area contributed by atoms with Crippen LogP contribution < -0.4 is 14.2 Å². The molecule has 0 amide bonds. The van der Waals surface area contributed by atoms with E-state index in [-0.39, 0.29) is 5.97 Å². The molecule has 0 unspecified atom stereocenters. The molecule has 3 aromatic rings. The second-order valence-corrected chi connectivity index (χ2v) is 8.05. The number of methoxy groups -OCH3 is 1. The Balaban J connectivity index is 1.44. The second kappa shape index (κ2) is 14.6. The van der Waals surface area contributed by atoms with Crippen molar-refractivity contribution in [3.63, 3.8) is 0 Å². The Bertz CT molecular complexity index is 1080. The van der Waals surface area contributed by atoms with Crippen LogP contribution in [0.1, 0.15) is 24.5 Å². The molecule has 0 heterocycles. The molecule has 0 saturated carbocycles. The first-order chi connectivity index (χ1) is 17.6. The molecule has 0 spiro atoms. The third-order valence-corrected chi connectivity index (χ3v) is 5.37. The summed E-state index contributed by atoms with van der Waals surface area (Å²) in [4.78, 5) is 11.9. The van der Waals surface area contributed by atoms with Crippen molar-refractivity contribution >= 4 is 5.97 Å². The topological polar surface area (TPSA) is 63.2 Å². The van der Waals surface area contributed by atoms with E-state index >= 15 is 0 Å². The van der Waals surface area contributed by atoms with Crippen LogP contribution in [0.3, 0.4) is 0 Å². The van der Waals surface area contributed by atoms with E-state index in [9.17, 15) is 4.79 Å². The van der Waals surface area contributed by atoms with Crippen LogP contribution in [-0.2, 0) is 27.1 Å². The van der Waals surface area contributed by atoms with E-state index in [1.807, 2.05) is 78.9 Å². The Morgan fingerprint density at radius 3 is 2.33 bits per heavy atom. The Labute approximate surface area is 213 Å². The first-order valence-electron chi connectivity index (χ1n) is 12.1. The minimum Gasteiger partial charge on any atom is -0.493 e. The lowest BCUT2D eigenvalue weighted by molar-refractivity contribution is -0.154. The summed E-state index contributed by atoms with van der Waals surface area (Å²) in [6.45, 7) is 7.01. The second-order valence-electron chi connectivity index (χ2n) is 8.05. The van der Waals surface area contributed by atoms with Gasteiger partial charge in [0.2, 0.25) is 0 Å². The normalized spacial score (nSPS) is 11.4. The highest BCUT2D eigenvalue weighted by Gasteiger charge is 2.19. The van der Waals surface area contributed by atoms with Gasteiger partial charge in [0, 0.05) is 25.5 Å². The van der Waals surface area contributed by atoms with Gasteiger partial charge in [0.1, 0.15) is 23.0 Å². The number of allylic oxidation sites excluding steroid dienone is 1. The van der Waals surface area contributed by atoms with E-state index in [2.05, 4.69) is 6.58 Å². The lowest BCUT2D eigenvalue weighted by atomic mass is 10.1. The fourth-order valence-corrected chi connectivity index (χ4v) is 3.56. The molecule has 3 rings (SSSR count). The first-order valence-corrected chi connectivity index (χ1v) is 12.1. The highest BCUT2D eigenvalue weighted by Crippen LogP contribution is 2.28. The molecule has 1 atom stereocenters. The van der Waals surface area contributed by atoms with Gasteiger partial charge in [-0.3, -0.25) is 0 Å². The Kier molecular flexibility index (Phi) is 10.9. The van der Waals surface area contributed by atoms with E-state index in [0.29, 0.717) is 32.7 Å². The summed E-state index contributed by atoms with van der Waals surface area (Å²) in [6, 6.07) is 23.1. The smallest absolute Gasteiger partial charge is 0.335 e. The van der Waals surface area contributed by atoms with Crippen molar-refractivity contribution in [3.8, 4) is 23.0 Å². The number of carbonyl (C=O) groups is 1. The van der Waals surface area contributed by atoms with Crippen molar-refractivity contribution in [2.75, 3.05) is 26.9 Å². The van der Waals surface area contributed by atoms with E-state index in [0.717, 1.165) is 40.5 Å². The number of benzene rings is 3. The van der Waals surface area contributed by atoms with Gasteiger partial charge < -0.3 is 23.7 Å². The van der Waals surface area contributed by atoms with E-state index in [4.69, 9.17) is 23.7 Å². The monoisotopic (exact) mass is 490 g/mol. The zero-order valence-corrected chi connectivity index (χ0v) is 21.0. The summed E-state index contributed by atoms with van der Waals surface area (Å²) in [7, 11) is 1.51. The predicted octanol–water partition coefficient (Wildman–Crippen LogP) is 6.18. The van der Waals surface area contributed by atoms with E-state index in [1.165, 1.54) is 7.11 Å². The Hall–Kier alpha value is -3.77. The Morgan fingerprint density at radius 1 is 0.917 bits per heavy atom. The third kappa shape index (κ3) is 8.47. The van der Waals surface area contributed by atoms with Crippen molar-refractivity contribution in [3.05, 3.63) is 96.6 Å². The molecule has 0 radical (unpaired) electrons. The van der Waals surface area contributed by atoms with Gasteiger partial charge in [-0.1, -0.05) is 36.4 Å². The summed E-state index contributed by atoms with van der Waals surface area (Å²) in [5.41, 5.74) is 1.99. The Morgan fingerprint density at radius 2 is 1.64 bits per heavy atom. The molecule has 6 heteroatoms. The summed E-state index contributed by atoms with van der Waals surface area (Å²) in [5.74, 6) is 2.78. The zero-order chi connectivity index (χ0) is 25.6. The highest BCUT2D eigenvalue weighted by molar-refractivity contribution is 5.75. The summed E-state index contributed by atoms with van der Waals surface area (Å²) >= 11 is 0. The van der Waals surface area contributed by atoms with Crippen molar-refractivity contribution in [2.45, 2.75) is 32.3 Å². The lowest BCUT2D eigenvalue weighted by Crippen LogP contribution is -2.27. The molecule has 36 heavy (non-hydrogen) atoms. The maximum atomic E-state index is 11.9. The van der Waals surface area contributed by atoms with E-state index < -0.39 is 6.10 Å². The third-order valence-electron chi connectivity index (χ3n) is 5.37. The van der Waals surface area contributed by atoms with Gasteiger partial charge in [0.25, 0.3) is 0 Å². The number of esters is 1. The van der Waals surface area contributed by atoms with Gasteiger partial charge in [0.15, 0.2) is 6.10 Å². The molecule has 0 saturated heterocycles. The molecule has 0 aliphatic heterocycles. The molecular weight excluding hydrogens is 456 g/mol. The molecule has 6 nitrogen and oxygen atoms in total. The number of carbonyl (C=O) groups excluding carboxylic acids is 1. The van der Waals surface area contributed by atoms with Gasteiger partial charge in [-0.15, -0.1) is 6.58 Å². The van der Waals surface area contributed by atoms with E-state index in [1.54, 1.807) is 6.92 Å². The van der Waals surface area contributed by atoms with Crippen LogP contribution in [0.4, 0.5) is 0 Å². The maximum absolute atomic E-state index is 11.9. The lowest BCUT2D eigenvalue weighted by Gasteiger charge is -2.14. The van der Waals surface area contributed by atoms with Gasteiger partial charge in [-0.05, 0) is 61.4 Å². The molecular formula is C30H34O6. The molecule has 0 aromatic heterocycles. The summed E-state index contributed by atoms with van der Waals surface area (Å²) in [6.07, 6.45) is 3.10. The van der Waals surface area contributed by atoms with Crippen LogP contribution in [0.5, 0.6) is 23.0 Å². The van der Waals surface area contributed by atoms with Crippen LogP contribution in [0, 0.1) is 0 Å². The van der Waals surface area contributed by atoms with Crippen LogP contribution in [0.15, 0.2) is 85.5 Å². The first kappa shape index (κ1) is 26.8. The summed E-state index contributed by atoms with van der Waals surface area (Å²) in [5, 5.41) is 0. The average Bonchev–Trinajstić information content (AvgIpc) is 2.90. The van der Waals surface area contributed by atoms with Gasteiger partial charge in [-0.25, -0.2) is 4.79 Å². The molecule has 0 aliphatic rings. The average molecular weight is 491 g/mol. The SMILES string of the molecule is C=CCc1cc(Oc2ccccc2)ccc1OCCCOc1ccc(C[C@H](OC)C(=O)OCC)cc1. The van der Waals surface area contributed by atoms with Crippen LogP contribution in [0.25, 0.3) is 0 Å². The fourth-order valence-electron chi connectivity index (χ4n) is 3.56. The van der Waals surface area contributed by atoms with Crippen LogP contribution >= 0.6 is 0 Å². The minimum atomic E-state index is -0.612. The van der Waals surface area contributed by atoms with Gasteiger partial charge in [0.05, 0.1) is 19.8 Å². The predicted molar refractivity (Wildman–Crippen MR) is 140 cm³/mol. The zero-order valence-electron chi connectivity index (χ0n) is 21.0. The number of rotatable bonds is 15. The summed E-state index contributed by atoms with van der Waals surface area (Å²) < 4.78 is 28.1. The number of hydrogen-bond donors (Lipinski definition) is 0. The van der Waals surface area contributed by atoms with Crippen molar-refractivity contribution < 1.29 is 28.5 Å². The van der Waals surface area contributed by atoms with Gasteiger partial charge >= 0.3 is 5.97 Å². The van der Waals surface area contributed by atoms with Crippen molar-refractivity contribution in [1.29, 1.82) is 0 Å². The van der Waals surface area contributed by atoms with Crippen LogP contribution in [0.2, 0.25) is 0 Å². The number of ether oxygens (including phenoxy) is 5. The quantitative estimate of drug-likeness (QED) is 0.144. The minimum absolute atomic E-state index is 0.332. The maximum Gasteiger partial charge on any atom is 0.335 e. The van der Waals surface area contributed by atoms with Crippen LogP contribution in [-0.4, -0.2) is 39.0 Å². The molecule has 0 bridgehead atoms.